The van der Waals surface area contributed by atoms with Crippen molar-refractivity contribution in [2.24, 2.45) is 0 Å². The van der Waals surface area contributed by atoms with Crippen LogP contribution < -0.4 is 5.32 Å². The van der Waals surface area contributed by atoms with Crippen LogP contribution in [0.2, 0.25) is 0 Å². The molecule has 0 fully saturated rings. The molecule has 0 amide bonds. The molecule has 0 bridgehead atoms. The Bertz CT molecular complexity index is 662. The Kier molecular flexibility index (Phi) is 3.06. The number of nitriles is 1. The van der Waals surface area contributed by atoms with E-state index >= 15 is 0 Å². The van der Waals surface area contributed by atoms with E-state index in [1.54, 1.807) is 13.0 Å². The lowest BCUT2D eigenvalue weighted by molar-refractivity contribution is 0.505. The van der Waals surface area contributed by atoms with Gasteiger partial charge in [-0.25, -0.2) is 13.2 Å². The molecule has 1 heterocycles. The van der Waals surface area contributed by atoms with Gasteiger partial charge >= 0.3 is 0 Å². The molecule has 3 nitrogen and oxygen atoms in total. The molecule has 0 radical (unpaired) electrons. The molecule has 1 aromatic heterocycles. The van der Waals surface area contributed by atoms with Crippen LogP contribution >= 0.6 is 0 Å². The zero-order valence-corrected chi connectivity index (χ0v) is 9.39. The van der Waals surface area contributed by atoms with Crippen molar-refractivity contribution in [3.05, 3.63) is 35.3 Å². The monoisotopic (exact) mass is 251 g/mol. The van der Waals surface area contributed by atoms with Crippen LogP contribution in [0.15, 0.2) is 12.3 Å². The summed E-state index contributed by atoms with van der Waals surface area (Å²) in [5, 5.41) is 11.3. The van der Waals surface area contributed by atoms with E-state index in [0.29, 0.717) is 12.6 Å². The number of nitrogens with zero attached hydrogens (tertiary/aromatic N) is 2. The largest absolute Gasteiger partial charge is 0.384 e. The van der Waals surface area contributed by atoms with E-state index in [1.165, 1.54) is 0 Å². The standard InChI is InChI=1S/C12H8F3N3/c1-2-17-11-6(4-16)5-18-12-8(14)3-7(13)10(15)9(11)12/h3,5H,2H2,1H3,(H,17,18). The maximum absolute atomic E-state index is 13.7. The quantitative estimate of drug-likeness (QED) is 0.835. The van der Waals surface area contributed by atoms with E-state index in [2.05, 4.69) is 10.3 Å². The first-order valence-corrected chi connectivity index (χ1v) is 5.20. The molecule has 6 heteroatoms. The number of aromatic nitrogens is 1. The average molecular weight is 251 g/mol. The summed E-state index contributed by atoms with van der Waals surface area (Å²) in [6.07, 6.45) is 1.13. The van der Waals surface area contributed by atoms with Crippen molar-refractivity contribution in [1.29, 1.82) is 5.26 Å². The minimum Gasteiger partial charge on any atom is -0.384 e. The van der Waals surface area contributed by atoms with Crippen LogP contribution in [-0.2, 0) is 0 Å². The zero-order valence-electron chi connectivity index (χ0n) is 9.39. The maximum atomic E-state index is 13.7. The SMILES string of the molecule is CCNc1c(C#N)cnc2c(F)cc(F)c(F)c12. The molecule has 92 valence electrons. The first-order chi connectivity index (χ1) is 8.60. The molecule has 0 unspecified atom stereocenters. The number of halogens is 3. The fraction of sp³-hybridized carbons (Fsp3) is 0.167. The lowest BCUT2D eigenvalue weighted by Gasteiger charge is -2.11. The highest BCUT2D eigenvalue weighted by molar-refractivity contribution is 5.94. The Balaban J connectivity index is 2.95. The molecule has 0 aliphatic rings. The van der Waals surface area contributed by atoms with Gasteiger partial charge in [0.05, 0.1) is 16.6 Å². The van der Waals surface area contributed by atoms with E-state index in [-0.39, 0.29) is 22.2 Å². The number of fused-ring (bicyclic) bond motifs is 1. The Morgan fingerprint density at radius 3 is 2.67 bits per heavy atom. The van der Waals surface area contributed by atoms with Crippen molar-refractivity contribution in [3.63, 3.8) is 0 Å². The molecule has 1 N–H and O–H groups in total. The van der Waals surface area contributed by atoms with Crippen molar-refractivity contribution in [2.75, 3.05) is 11.9 Å². The molecule has 1 aromatic carbocycles. The average Bonchev–Trinajstić information content (AvgIpc) is 2.36. The molecule has 2 rings (SSSR count). The lowest BCUT2D eigenvalue weighted by Crippen LogP contribution is -2.04. The first kappa shape index (κ1) is 12.2. The second-order valence-electron chi connectivity index (χ2n) is 3.57. The topological polar surface area (TPSA) is 48.7 Å². The fourth-order valence-corrected chi connectivity index (χ4v) is 1.71. The van der Waals surface area contributed by atoms with Crippen LogP contribution in [0.5, 0.6) is 0 Å². The van der Waals surface area contributed by atoms with Gasteiger partial charge in [-0.1, -0.05) is 0 Å². The Morgan fingerprint density at radius 1 is 1.33 bits per heavy atom. The van der Waals surface area contributed by atoms with Gasteiger partial charge in [0.25, 0.3) is 0 Å². The van der Waals surface area contributed by atoms with Gasteiger partial charge in [-0.2, -0.15) is 5.26 Å². The minimum atomic E-state index is -1.31. The van der Waals surface area contributed by atoms with Gasteiger partial charge in [-0.05, 0) is 6.92 Å². The van der Waals surface area contributed by atoms with E-state index in [9.17, 15) is 13.2 Å². The molecule has 0 aliphatic carbocycles. The predicted molar refractivity (Wildman–Crippen MR) is 60.5 cm³/mol. The summed E-state index contributed by atoms with van der Waals surface area (Å²) in [7, 11) is 0. The van der Waals surface area contributed by atoms with Crippen LogP contribution in [0.1, 0.15) is 12.5 Å². The molecule has 0 spiro atoms. The molecule has 2 aromatic rings. The molecular formula is C12H8F3N3. The third kappa shape index (κ3) is 1.74. The van der Waals surface area contributed by atoms with E-state index in [0.717, 1.165) is 6.20 Å². The van der Waals surface area contributed by atoms with Crippen LogP contribution in [0.4, 0.5) is 18.9 Å². The second kappa shape index (κ2) is 4.53. The number of anilines is 1. The van der Waals surface area contributed by atoms with Crippen molar-refractivity contribution in [3.8, 4) is 6.07 Å². The Morgan fingerprint density at radius 2 is 2.06 bits per heavy atom. The number of nitrogens with one attached hydrogen (secondary N) is 1. The highest BCUT2D eigenvalue weighted by atomic mass is 19.2. The third-order valence-electron chi connectivity index (χ3n) is 2.46. The van der Waals surface area contributed by atoms with Gasteiger partial charge in [-0.15, -0.1) is 0 Å². The summed E-state index contributed by atoms with van der Waals surface area (Å²) in [5.41, 5.74) is -0.210. The van der Waals surface area contributed by atoms with Gasteiger partial charge in [0.2, 0.25) is 0 Å². The van der Waals surface area contributed by atoms with Gasteiger partial charge < -0.3 is 5.32 Å². The third-order valence-corrected chi connectivity index (χ3v) is 2.46. The van der Waals surface area contributed by atoms with Gasteiger partial charge in [0, 0.05) is 18.8 Å². The lowest BCUT2D eigenvalue weighted by atomic mass is 10.1. The van der Waals surface area contributed by atoms with Crippen molar-refractivity contribution < 1.29 is 13.2 Å². The molecular weight excluding hydrogens is 243 g/mol. The van der Waals surface area contributed by atoms with Gasteiger partial charge in [0.15, 0.2) is 17.5 Å². The number of benzene rings is 1. The van der Waals surface area contributed by atoms with Gasteiger partial charge in [0.1, 0.15) is 11.6 Å². The number of hydrogen-bond acceptors (Lipinski definition) is 3. The maximum Gasteiger partial charge on any atom is 0.170 e. The normalized spacial score (nSPS) is 10.4. The minimum absolute atomic E-state index is 0.0354. The van der Waals surface area contributed by atoms with Crippen LogP contribution in [0.3, 0.4) is 0 Å². The molecule has 18 heavy (non-hydrogen) atoms. The highest BCUT2D eigenvalue weighted by Gasteiger charge is 2.19. The molecule has 0 aliphatic heterocycles. The highest BCUT2D eigenvalue weighted by Crippen LogP contribution is 2.30. The van der Waals surface area contributed by atoms with Crippen molar-refractivity contribution in [2.45, 2.75) is 6.92 Å². The number of rotatable bonds is 2. The first-order valence-electron chi connectivity index (χ1n) is 5.20. The summed E-state index contributed by atoms with van der Waals surface area (Å²) in [4.78, 5) is 3.65. The van der Waals surface area contributed by atoms with Crippen LogP contribution in [0, 0.1) is 28.8 Å². The van der Waals surface area contributed by atoms with E-state index in [4.69, 9.17) is 5.26 Å². The van der Waals surface area contributed by atoms with E-state index < -0.39 is 17.5 Å². The molecule has 0 saturated heterocycles. The Hall–Kier alpha value is -2.29. The predicted octanol–water partition coefficient (Wildman–Crippen LogP) is 2.96. The summed E-state index contributed by atoms with van der Waals surface area (Å²) >= 11 is 0. The second-order valence-corrected chi connectivity index (χ2v) is 3.57. The number of pyridine rings is 1. The Labute approximate surface area is 101 Å². The molecule has 0 saturated carbocycles. The number of hydrogen-bond donors (Lipinski definition) is 1. The van der Waals surface area contributed by atoms with Crippen LogP contribution in [-0.4, -0.2) is 11.5 Å². The van der Waals surface area contributed by atoms with Crippen LogP contribution in [0.25, 0.3) is 10.9 Å². The van der Waals surface area contributed by atoms with Crippen molar-refractivity contribution in [1.82, 2.24) is 4.98 Å². The fourth-order valence-electron chi connectivity index (χ4n) is 1.71. The van der Waals surface area contributed by atoms with E-state index in [1.807, 2.05) is 0 Å². The molecule has 0 atom stereocenters. The summed E-state index contributed by atoms with van der Waals surface area (Å²) in [6, 6.07) is 2.24. The zero-order chi connectivity index (χ0) is 13.3. The van der Waals surface area contributed by atoms with Gasteiger partial charge in [-0.3, -0.25) is 4.98 Å². The van der Waals surface area contributed by atoms with Crippen molar-refractivity contribution >= 4 is 16.6 Å². The smallest absolute Gasteiger partial charge is 0.170 e. The summed E-state index contributed by atoms with van der Waals surface area (Å²) in [5.74, 6) is -3.49. The summed E-state index contributed by atoms with van der Waals surface area (Å²) < 4.78 is 40.5. The summed E-state index contributed by atoms with van der Waals surface area (Å²) in [6.45, 7) is 2.10.